The third kappa shape index (κ3) is 3.17. The molecule has 1 N–H and O–H groups in total. The third-order valence-corrected chi connectivity index (χ3v) is 4.57. The number of para-hydroxylation sites is 1. The van der Waals surface area contributed by atoms with Crippen molar-refractivity contribution in [3.8, 4) is 6.07 Å². The Labute approximate surface area is 107 Å². The fourth-order valence-electron chi connectivity index (χ4n) is 2.18. The van der Waals surface area contributed by atoms with Gasteiger partial charge >= 0.3 is 0 Å². The minimum absolute atomic E-state index is 0.704. The molecule has 2 nitrogen and oxygen atoms in total. The fraction of sp³-hybridized carbons (Fsp3) is 0.500. The molecule has 0 aliphatic carbocycles. The average molecular weight is 246 g/mol. The maximum atomic E-state index is 9.08. The van der Waals surface area contributed by atoms with Crippen molar-refractivity contribution in [3.63, 3.8) is 0 Å². The molecule has 90 valence electrons. The molecule has 2 rings (SSSR count). The number of thioether (sulfide) groups is 1. The molecule has 0 spiro atoms. The number of nitrogens with one attached hydrogen (secondary N) is 1. The van der Waals surface area contributed by atoms with Crippen LogP contribution in [0.3, 0.4) is 0 Å². The second-order valence-corrected chi connectivity index (χ2v) is 5.89. The Balaban J connectivity index is 2.00. The lowest BCUT2D eigenvalue weighted by Crippen LogP contribution is -2.20. The van der Waals surface area contributed by atoms with Gasteiger partial charge in [0, 0.05) is 11.8 Å². The average Bonchev–Trinajstić information content (AvgIpc) is 2.38. The van der Waals surface area contributed by atoms with E-state index in [1.54, 1.807) is 0 Å². The highest BCUT2D eigenvalue weighted by atomic mass is 32.2. The highest BCUT2D eigenvalue weighted by Gasteiger charge is 2.14. The van der Waals surface area contributed by atoms with Crippen LogP contribution in [-0.4, -0.2) is 17.5 Å². The first kappa shape index (κ1) is 12.3. The van der Waals surface area contributed by atoms with Crippen molar-refractivity contribution < 1.29 is 0 Å². The quantitative estimate of drug-likeness (QED) is 0.885. The molecule has 0 saturated carbocycles. The van der Waals surface area contributed by atoms with Gasteiger partial charge in [-0.15, -0.1) is 0 Å². The lowest BCUT2D eigenvalue weighted by Gasteiger charge is -2.22. The van der Waals surface area contributed by atoms with Gasteiger partial charge in [-0.25, -0.2) is 0 Å². The number of nitrogens with zero attached hydrogens (tertiary/aromatic N) is 1. The number of rotatable bonds is 3. The Morgan fingerprint density at radius 2 is 2.35 bits per heavy atom. The zero-order chi connectivity index (χ0) is 12.1. The van der Waals surface area contributed by atoms with Gasteiger partial charge in [-0.3, -0.25) is 0 Å². The summed E-state index contributed by atoms with van der Waals surface area (Å²) in [7, 11) is 0. The first-order chi connectivity index (χ1) is 8.31. The van der Waals surface area contributed by atoms with Crippen LogP contribution in [0.25, 0.3) is 0 Å². The molecule has 0 amide bonds. The van der Waals surface area contributed by atoms with Crippen molar-refractivity contribution in [2.75, 3.05) is 17.6 Å². The SMILES string of the molecule is Cc1cccc(C#N)c1NCC1CCCCS1. The zero-order valence-corrected chi connectivity index (χ0v) is 11.0. The Morgan fingerprint density at radius 3 is 3.06 bits per heavy atom. The molecule has 0 bridgehead atoms. The Kier molecular flexibility index (Phi) is 4.33. The van der Waals surface area contributed by atoms with Crippen LogP contribution in [0, 0.1) is 18.3 Å². The van der Waals surface area contributed by atoms with Crippen LogP contribution in [0.5, 0.6) is 0 Å². The van der Waals surface area contributed by atoms with E-state index in [1.807, 2.05) is 12.1 Å². The molecule has 0 radical (unpaired) electrons. The summed E-state index contributed by atoms with van der Waals surface area (Å²) in [5.41, 5.74) is 2.93. The van der Waals surface area contributed by atoms with Crippen LogP contribution in [0.15, 0.2) is 18.2 Å². The molecular weight excluding hydrogens is 228 g/mol. The van der Waals surface area contributed by atoms with Gasteiger partial charge in [0.2, 0.25) is 0 Å². The summed E-state index contributed by atoms with van der Waals surface area (Å²) in [6.45, 7) is 3.03. The number of nitriles is 1. The summed E-state index contributed by atoms with van der Waals surface area (Å²) >= 11 is 2.06. The summed E-state index contributed by atoms with van der Waals surface area (Å²) in [5.74, 6) is 1.28. The molecule has 1 aromatic carbocycles. The molecule has 1 aliphatic rings. The lowest BCUT2D eigenvalue weighted by atomic mass is 10.1. The molecule has 3 heteroatoms. The van der Waals surface area contributed by atoms with E-state index in [2.05, 4.69) is 36.1 Å². The molecule has 1 fully saturated rings. The van der Waals surface area contributed by atoms with Crippen molar-refractivity contribution in [2.24, 2.45) is 0 Å². The molecule has 1 aliphatic heterocycles. The van der Waals surface area contributed by atoms with E-state index in [0.29, 0.717) is 5.25 Å². The van der Waals surface area contributed by atoms with Gasteiger partial charge in [-0.05, 0) is 37.1 Å². The van der Waals surface area contributed by atoms with Crippen molar-refractivity contribution in [1.29, 1.82) is 5.26 Å². The number of anilines is 1. The summed E-state index contributed by atoms with van der Waals surface area (Å²) in [6.07, 6.45) is 4.00. The van der Waals surface area contributed by atoms with Gasteiger partial charge in [0.25, 0.3) is 0 Å². The molecule has 1 atom stereocenters. The second kappa shape index (κ2) is 5.97. The van der Waals surface area contributed by atoms with Crippen molar-refractivity contribution in [1.82, 2.24) is 0 Å². The van der Waals surface area contributed by atoms with Crippen LogP contribution >= 0.6 is 11.8 Å². The van der Waals surface area contributed by atoms with Crippen molar-refractivity contribution >= 4 is 17.4 Å². The highest BCUT2D eigenvalue weighted by Crippen LogP contribution is 2.26. The summed E-state index contributed by atoms with van der Waals surface area (Å²) < 4.78 is 0. The number of benzene rings is 1. The monoisotopic (exact) mass is 246 g/mol. The van der Waals surface area contributed by atoms with Gasteiger partial charge in [-0.2, -0.15) is 17.0 Å². The van der Waals surface area contributed by atoms with E-state index < -0.39 is 0 Å². The van der Waals surface area contributed by atoms with Crippen molar-refractivity contribution in [2.45, 2.75) is 31.4 Å². The molecular formula is C14H18N2S. The van der Waals surface area contributed by atoms with Crippen LogP contribution in [0.1, 0.15) is 30.4 Å². The van der Waals surface area contributed by atoms with Crippen molar-refractivity contribution in [3.05, 3.63) is 29.3 Å². The topological polar surface area (TPSA) is 35.8 Å². The highest BCUT2D eigenvalue weighted by molar-refractivity contribution is 7.99. The first-order valence-electron chi connectivity index (χ1n) is 6.16. The van der Waals surface area contributed by atoms with Gasteiger partial charge in [0.05, 0.1) is 11.3 Å². The maximum absolute atomic E-state index is 9.08. The molecule has 1 heterocycles. The van der Waals surface area contributed by atoms with E-state index in [4.69, 9.17) is 5.26 Å². The van der Waals surface area contributed by atoms with Gasteiger partial charge in [0.1, 0.15) is 6.07 Å². The predicted molar refractivity (Wildman–Crippen MR) is 74.5 cm³/mol. The normalized spacial score (nSPS) is 19.6. The van der Waals surface area contributed by atoms with Gasteiger partial charge in [0.15, 0.2) is 0 Å². The minimum atomic E-state index is 0.704. The first-order valence-corrected chi connectivity index (χ1v) is 7.21. The molecule has 1 saturated heterocycles. The van der Waals surface area contributed by atoms with Crippen LogP contribution < -0.4 is 5.32 Å². The molecule has 1 aromatic rings. The number of aryl methyl sites for hydroxylation is 1. The van der Waals surface area contributed by atoms with Gasteiger partial charge < -0.3 is 5.32 Å². The standard InChI is InChI=1S/C14H18N2S/c1-11-5-4-6-12(9-15)14(11)16-10-13-7-2-3-8-17-13/h4-6,13,16H,2-3,7-8,10H2,1H3. The van der Waals surface area contributed by atoms with E-state index in [1.165, 1.54) is 25.0 Å². The van der Waals surface area contributed by atoms with Crippen LogP contribution in [0.2, 0.25) is 0 Å². The van der Waals surface area contributed by atoms with E-state index in [-0.39, 0.29) is 0 Å². The van der Waals surface area contributed by atoms with Crippen LogP contribution in [0.4, 0.5) is 5.69 Å². The number of hydrogen-bond acceptors (Lipinski definition) is 3. The lowest BCUT2D eigenvalue weighted by molar-refractivity contribution is 0.677. The minimum Gasteiger partial charge on any atom is -0.383 e. The zero-order valence-electron chi connectivity index (χ0n) is 10.2. The second-order valence-electron chi connectivity index (χ2n) is 4.48. The van der Waals surface area contributed by atoms with E-state index >= 15 is 0 Å². The molecule has 17 heavy (non-hydrogen) atoms. The largest absolute Gasteiger partial charge is 0.383 e. The smallest absolute Gasteiger partial charge is 0.101 e. The van der Waals surface area contributed by atoms with E-state index in [9.17, 15) is 0 Å². The summed E-state index contributed by atoms with van der Waals surface area (Å²) in [6, 6.07) is 8.12. The Hall–Kier alpha value is -1.14. The fourth-order valence-corrected chi connectivity index (χ4v) is 3.42. The molecule has 0 aromatic heterocycles. The molecule has 1 unspecified atom stereocenters. The number of hydrogen-bond donors (Lipinski definition) is 1. The Morgan fingerprint density at radius 1 is 1.47 bits per heavy atom. The third-order valence-electron chi connectivity index (χ3n) is 3.17. The van der Waals surface area contributed by atoms with Crippen LogP contribution in [-0.2, 0) is 0 Å². The maximum Gasteiger partial charge on any atom is 0.101 e. The van der Waals surface area contributed by atoms with E-state index in [0.717, 1.165) is 23.4 Å². The Bertz CT molecular complexity index is 417. The summed E-state index contributed by atoms with van der Waals surface area (Å²) in [5, 5.41) is 13.2. The summed E-state index contributed by atoms with van der Waals surface area (Å²) in [4.78, 5) is 0. The predicted octanol–water partition coefficient (Wildman–Crippen LogP) is 3.56. The van der Waals surface area contributed by atoms with Gasteiger partial charge in [-0.1, -0.05) is 18.6 Å².